The van der Waals surface area contributed by atoms with Crippen LogP contribution in [0.15, 0.2) is 30.3 Å². The lowest BCUT2D eigenvalue weighted by atomic mass is 9.92. The largest absolute Gasteiger partial charge is 0.482 e. The fourth-order valence-corrected chi connectivity index (χ4v) is 3.17. The van der Waals surface area contributed by atoms with Gasteiger partial charge < -0.3 is 15.2 Å². The van der Waals surface area contributed by atoms with E-state index in [1.165, 1.54) is 18.1 Å². The van der Waals surface area contributed by atoms with Crippen LogP contribution in [0.3, 0.4) is 0 Å². The molecule has 2 N–H and O–H groups in total. The van der Waals surface area contributed by atoms with Gasteiger partial charge in [0.05, 0.1) is 0 Å². The Bertz CT molecular complexity index is 832. The van der Waals surface area contributed by atoms with Crippen molar-refractivity contribution < 1.29 is 19.4 Å². The van der Waals surface area contributed by atoms with Gasteiger partial charge in [-0.2, -0.15) is 0 Å². The van der Waals surface area contributed by atoms with Crippen molar-refractivity contribution >= 4 is 17.6 Å². The van der Waals surface area contributed by atoms with Crippen LogP contribution in [-0.2, 0) is 16.0 Å². The van der Waals surface area contributed by atoms with E-state index < -0.39 is 5.97 Å². The fraction of sp³-hybridized carbons (Fsp3) is 0.364. The van der Waals surface area contributed by atoms with Crippen molar-refractivity contribution in [1.29, 1.82) is 0 Å². The van der Waals surface area contributed by atoms with E-state index >= 15 is 0 Å². The van der Waals surface area contributed by atoms with E-state index in [2.05, 4.69) is 25.2 Å². The maximum absolute atomic E-state index is 11.4. The summed E-state index contributed by atoms with van der Waals surface area (Å²) in [6, 6.07) is 9.89. The van der Waals surface area contributed by atoms with Crippen LogP contribution in [0.4, 0.5) is 5.69 Å². The topological polar surface area (TPSA) is 75.6 Å². The maximum atomic E-state index is 11.4. The summed E-state index contributed by atoms with van der Waals surface area (Å²) in [4.78, 5) is 22.1. The first kappa shape index (κ1) is 20.5. The molecule has 2 aromatic carbocycles. The number of carboxylic acids is 1. The number of amides is 1. The van der Waals surface area contributed by atoms with Crippen LogP contribution in [0.1, 0.15) is 54.5 Å². The van der Waals surface area contributed by atoms with E-state index in [0.717, 1.165) is 28.8 Å². The van der Waals surface area contributed by atoms with Crippen LogP contribution in [-0.4, -0.2) is 23.6 Å². The van der Waals surface area contributed by atoms with Gasteiger partial charge in [-0.1, -0.05) is 26.0 Å². The Balaban J connectivity index is 2.29. The van der Waals surface area contributed by atoms with Crippen LogP contribution in [0, 0.1) is 13.8 Å². The molecule has 0 atom stereocenters. The standard InChI is InChI=1S/C22H27NO4/c1-13(2)19-10-17(6-7-21(19)23-16(5)24)11-20-14(3)8-18(9-15(20)4)27-12-22(25)26/h6-10,13H,11-12H2,1-5H3,(H,23,24)(H,25,26). The SMILES string of the molecule is CC(=O)Nc1ccc(Cc2c(C)cc(OCC(=O)O)cc2C)cc1C(C)C. The monoisotopic (exact) mass is 369 g/mol. The van der Waals surface area contributed by atoms with Crippen LogP contribution in [0.2, 0.25) is 0 Å². The molecule has 5 nitrogen and oxygen atoms in total. The minimum absolute atomic E-state index is 0.0757. The molecule has 5 heteroatoms. The summed E-state index contributed by atoms with van der Waals surface area (Å²) in [6.07, 6.45) is 0.761. The molecule has 144 valence electrons. The number of ether oxygens (including phenoxy) is 1. The zero-order valence-electron chi connectivity index (χ0n) is 16.6. The molecule has 2 rings (SSSR count). The van der Waals surface area contributed by atoms with Crippen molar-refractivity contribution in [3.8, 4) is 5.75 Å². The molecule has 0 aliphatic carbocycles. The van der Waals surface area contributed by atoms with E-state index in [1.54, 1.807) is 0 Å². The molecule has 0 aromatic heterocycles. The number of aryl methyl sites for hydroxylation is 2. The molecule has 0 aliphatic heterocycles. The molecular weight excluding hydrogens is 342 g/mol. The summed E-state index contributed by atoms with van der Waals surface area (Å²) in [5, 5.41) is 11.7. The van der Waals surface area contributed by atoms with Crippen molar-refractivity contribution in [3.63, 3.8) is 0 Å². The zero-order valence-corrected chi connectivity index (χ0v) is 16.6. The van der Waals surface area contributed by atoms with Gasteiger partial charge in [0, 0.05) is 12.6 Å². The Kier molecular flexibility index (Phi) is 6.61. The summed E-state index contributed by atoms with van der Waals surface area (Å²) in [6.45, 7) is 9.39. The van der Waals surface area contributed by atoms with E-state index in [1.807, 2.05) is 38.1 Å². The highest BCUT2D eigenvalue weighted by Gasteiger charge is 2.12. The summed E-state index contributed by atoms with van der Waals surface area (Å²) in [7, 11) is 0. The van der Waals surface area contributed by atoms with Gasteiger partial charge in [-0.15, -0.1) is 0 Å². The van der Waals surface area contributed by atoms with E-state index in [4.69, 9.17) is 9.84 Å². The minimum atomic E-state index is -0.991. The summed E-state index contributed by atoms with van der Waals surface area (Å²) in [5.74, 6) is -0.205. The molecule has 0 bridgehead atoms. The molecule has 0 saturated heterocycles. The first-order valence-corrected chi connectivity index (χ1v) is 9.02. The van der Waals surface area contributed by atoms with E-state index in [9.17, 15) is 9.59 Å². The number of nitrogens with one attached hydrogen (secondary N) is 1. The Morgan fingerprint density at radius 1 is 1.11 bits per heavy atom. The summed E-state index contributed by atoms with van der Waals surface area (Å²) in [5.41, 5.74) is 6.45. The van der Waals surface area contributed by atoms with Crippen LogP contribution >= 0.6 is 0 Å². The number of anilines is 1. The average Bonchev–Trinajstić information content (AvgIpc) is 2.56. The van der Waals surface area contributed by atoms with Crippen molar-refractivity contribution in [2.45, 2.75) is 47.0 Å². The molecule has 0 heterocycles. The predicted octanol–water partition coefficient (Wildman–Crippen LogP) is 4.44. The van der Waals surface area contributed by atoms with Crippen molar-refractivity contribution in [3.05, 3.63) is 58.1 Å². The Morgan fingerprint density at radius 3 is 2.26 bits per heavy atom. The molecule has 0 aliphatic rings. The highest BCUT2D eigenvalue weighted by Crippen LogP contribution is 2.29. The molecule has 0 radical (unpaired) electrons. The summed E-state index contributed by atoms with van der Waals surface area (Å²) < 4.78 is 5.30. The van der Waals surface area contributed by atoms with Crippen molar-refractivity contribution in [1.82, 2.24) is 0 Å². The first-order valence-electron chi connectivity index (χ1n) is 9.02. The molecule has 0 unspecified atom stereocenters. The Labute approximate surface area is 160 Å². The first-order chi connectivity index (χ1) is 12.7. The van der Waals surface area contributed by atoms with Gasteiger partial charge in [-0.25, -0.2) is 4.79 Å². The smallest absolute Gasteiger partial charge is 0.341 e. The molecule has 1 amide bonds. The number of benzene rings is 2. The van der Waals surface area contributed by atoms with Crippen LogP contribution < -0.4 is 10.1 Å². The Morgan fingerprint density at radius 2 is 1.74 bits per heavy atom. The highest BCUT2D eigenvalue weighted by atomic mass is 16.5. The Hall–Kier alpha value is -2.82. The van der Waals surface area contributed by atoms with E-state index in [0.29, 0.717) is 11.7 Å². The van der Waals surface area contributed by atoms with Crippen LogP contribution in [0.5, 0.6) is 5.75 Å². The van der Waals surface area contributed by atoms with Crippen molar-refractivity contribution in [2.75, 3.05) is 11.9 Å². The maximum Gasteiger partial charge on any atom is 0.341 e. The fourth-order valence-electron chi connectivity index (χ4n) is 3.17. The molecule has 0 fully saturated rings. The predicted molar refractivity (Wildman–Crippen MR) is 107 cm³/mol. The van der Waals surface area contributed by atoms with Gasteiger partial charge in [0.1, 0.15) is 5.75 Å². The molecule has 2 aromatic rings. The van der Waals surface area contributed by atoms with Crippen molar-refractivity contribution in [2.24, 2.45) is 0 Å². The third kappa shape index (κ3) is 5.58. The third-order valence-electron chi connectivity index (χ3n) is 4.46. The highest BCUT2D eigenvalue weighted by molar-refractivity contribution is 5.89. The van der Waals surface area contributed by atoms with Gasteiger partial charge in [0.15, 0.2) is 6.61 Å². The molecular formula is C22H27NO4. The number of hydrogen-bond donors (Lipinski definition) is 2. The second kappa shape index (κ2) is 8.71. The number of carbonyl (C=O) groups is 2. The average molecular weight is 369 g/mol. The lowest BCUT2D eigenvalue weighted by Crippen LogP contribution is -2.10. The number of hydrogen-bond acceptors (Lipinski definition) is 3. The second-order valence-corrected chi connectivity index (χ2v) is 7.15. The minimum Gasteiger partial charge on any atom is -0.482 e. The van der Waals surface area contributed by atoms with E-state index in [-0.39, 0.29) is 12.5 Å². The second-order valence-electron chi connectivity index (χ2n) is 7.15. The zero-order chi connectivity index (χ0) is 20.1. The lowest BCUT2D eigenvalue weighted by molar-refractivity contribution is -0.139. The molecule has 0 saturated carbocycles. The number of carboxylic acid groups (broad SMARTS) is 1. The van der Waals surface area contributed by atoms with Gasteiger partial charge >= 0.3 is 5.97 Å². The van der Waals surface area contributed by atoms with Crippen LogP contribution in [0.25, 0.3) is 0 Å². The van der Waals surface area contributed by atoms with Gasteiger partial charge in [-0.3, -0.25) is 4.79 Å². The lowest BCUT2D eigenvalue weighted by Gasteiger charge is -2.17. The molecule has 0 spiro atoms. The van der Waals surface area contributed by atoms with Gasteiger partial charge in [0.25, 0.3) is 0 Å². The number of rotatable bonds is 7. The van der Waals surface area contributed by atoms with Gasteiger partial charge in [0.2, 0.25) is 5.91 Å². The number of aliphatic carboxylic acids is 1. The molecule has 27 heavy (non-hydrogen) atoms. The number of carbonyl (C=O) groups excluding carboxylic acids is 1. The van der Waals surface area contributed by atoms with Gasteiger partial charge in [-0.05, 0) is 72.2 Å². The quantitative estimate of drug-likeness (QED) is 0.756. The summed E-state index contributed by atoms with van der Waals surface area (Å²) >= 11 is 0. The normalized spacial score (nSPS) is 10.7. The third-order valence-corrected chi connectivity index (χ3v) is 4.46.